The molecule has 0 aromatic heterocycles. The first kappa shape index (κ1) is 13.4. The van der Waals surface area contributed by atoms with E-state index in [1.54, 1.807) is 0 Å². The van der Waals surface area contributed by atoms with E-state index in [0.29, 0.717) is 0 Å². The van der Waals surface area contributed by atoms with Crippen LogP contribution in [0.15, 0.2) is 0 Å². The molecule has 0 aliphatic rings. The maximum Gasteiger partial charge on any atom is 0.183 e. The molecule has 0 radical (unpaired) electrons. The number of carbonyl (C=O) groups is 1. The van der Waals surface area contributed by atoms with Crippen molar-refractivity contribution in [3.05, 3.63) is 0 Å². The van der Waals surface area contributed by atoms with Gasteiger partial charge in [0.1, 0.15) is 24.4 Å². The van der Waals surface area contributed by atoms with Crippen molar-refractivity contribution >= 4 is 6.29 Å². The lowest BCUT2D eigenvalue weighted by molar-refractivity contribution is -0.198. The first-order valence-electron chi connectivity index (χ1n) is 3.84. The third kappa shape index (κ3) is 3.29. The molecule has 0 saturated heterocycles. The number of aldehydes is 1. The fourth-order valence-electron chi connectivity index (χ4n) is 0.793. The minimum absolute atomic E-state index is 0.000208. The Morgan fingerprint density at radius 2 is 1.50 bits per heavy atom. The van der Waals surface area contributed by atoms with Crippen molar-refractivity contribution in [2.75, 3.05) is 7.11 Å². The van der Waals surface area contributed by atoms with Gasteiger partial charge in [-0.3, -0.25) is 0 Å². The second-order valence-electron chi connectivity index (χ2n) is 2.72. The van der Waals surface area contributed by atoms with Gasteiger partial charge in [-0.15, -0.1) is 0 Å². The molecule has 0 fully saturated rings. The maximum absolute atomic E-state index is 10.0. The molecule has 0 bridgehead atoms. The van der Waals surface area contributed by atoms with Gasteiger partial charge in [0, 0.05) is 7.11 Å². The van der Waals surface area contributed by atoms with Crippen LogP contribution in [-0.2, 0) is 9.53 Å². The van der Waals surface area contributed by atoms with Crippen LogP contribution in [0.2, 0.25) is 0 Å². The van der Waals surface area contributed by atoms with E-state index in [-0.39, 0.29) is 6.29 Å². The van der Waals surface area contributed by atoms with Gasteiger partial charge in [0.25, 0.3) is 0 Å². The second kappa shape index (κ2) is 6.02. The molecular weight excluding hydrogens is 196 g/mol. The summed E-state index contributed by atoms with van der Waals surface area (Å²) in [5.74, 6) is 0. The summed E-state index contributed by atoms with van der Waals surface area (Å²) in [6.45, 7) is 0. The molecule has 14 heavy (non-hydrogen) atoms. The monoisotopic (exact) mass is 210 g/mol. The van der Waals surface area contributed by atoms with E-state index in [4.69, 9.17) is 25.5 Å². The van der Waals surface area contributed by atoms with Crippen molar-refractivity contribution in [3.63, 3.8) is 0 Å². The summed E-state index contributed by atoms with van der Waals surface area (Å²) in [5.41, 5.74) is 0. The summed E-state index contributed by atoms with van der Waals surface area (Å²) in [6, 6.07) is 0. The molecular formula is C7H14O7. The minimum Gasteiger partial charge on any atom is -0.387 e. The SMILES string of the molecule is COC(O)[C@@H](O)[C@@H](O)[C@H](O)[C@@H](O)C=O. The van der Waals surface area contributed by atoms with Gasteiger partial charge in [-0.05, 0) is 0 Å². The van der Waals surface area contributed by atoms with Gasteiger partial charge in [-0.1, -0.05) is 0 Å². The molecule has 7 nitrogen and oxygen atoms in total. The fraction of sp³-hybridized carbons (Fsp3) is 0.857. The Balaban J connectivity index is 4.29. The summed E-state index contributed by atoms with van der Waals surface area (Å²) in [5, 5.41) is 44.9. The summed E-state index contributed by atoms with van der Waals surface area (Å²) in [7, 11) is 1.07. The van der Waals surface area contributed by atoms with Crippen LogP contribution < -0.4 is 0 Å². The van der Waals surface area contributed by atoms with Crippen molar-refractivity contribution in [2.45, 2.75) is 30.7 Å². The summed E-state index contributed by atoms with van der Waals surface area (Å²) < 4.78 is 4.26. The van der Waals surface area contributed by atoms with Crippen molar-refractivity contribution in [1.29, 1.82) is 0 Å². The van der Waals surface area contributed by atoms with E-state index in [2.05, 4.69) is 4.74 Å². The molecule has 1 unspecified atom stereocenters. The van der Waals surface area contributed by atoms with E-state index in [9.17, 15) is 4.79 Å². The molecule has 0 heterocycles. The molecule has 0 aromatic rings. The average Bonchev–Trinajstić information content (AvgIpc) is 2.23. The third-order valence-electron chi connectivity index (χ3n) is 1.72. The number of hydrogen-bond donors (Lipinski definition) is 5. The number of aliphatic hydroxyl groups excluding tert-OH is 5. The number of rotatable bonds is 6. The Morgan fingerprint density at radius 3 is 1.86 bits per heavy atom. The molecule has 0 amide bonds. The molecule has 0 aliphatic carbocycles. The van der Waals surface area contributed by atoms with E-state index in [1.807, 2.05) is 0 Å². The quantitative estimate of drug-likeness (QED) is 0.228. The summed E-state index contributed by atoms with van der Waals surface area (Å²) in [6.07, 6.45) is -9.12. The Kier molecular flexibility index (Phi) is 5.77. The molecule has 7 heteroatoms. The Labute approximate surface area is 80.2 Å². The van der Waals surface area contributed by atoms with Gasteiger partial charge in [0.2, 0.25) is 0 Å². The Bertz CT molecular complexity index is 173. The highest BCUT2D eigenvalue weighted by Crippen LogP contribution is 2.07. The first-order chi connectivity index (χ1) is 6.45. The smallest absolute Gasteiger partial charge is 0.183 e. The van der Waals surface area contributed by atoms with E-state index in [0.717, 1.165) is 7.11 Å². The van der Waals surface area contributed by atoms with Crippen molar-refractivity contribution in [1.82, 2.24) is 0 Å². The second-order valence-corrected chi connectivity index (χ2v) is 2.72. The highest BCUT2D eigenvalue weighted by atomic mass is 16.6. The minimum atomic E-state index is -1.88. The highest BCUT2D eigenvalue weighted by molar-refractivity contribution is 5.56. The van der Waals surface area contributed by atoms with E-state index < -0.39 is 30.7 Å². The van der Waals surface area contributed by atoms with Crippen LogP contribution in [0.4, 0.5) is 0 Å². The predicted octanol–water partition coefficient (Wildman–Crippen LogP) is -3.41. The molecule has 5 atom stereocenters. The topological polar surface area (TPSA) is 127 Å². The number of aliphatic hydroxyl groups is 5. The standard InChI is InChI=1S/C7H14O7/c1-14-7(13)6(12)5(11)4(10)3(9)2-8/h2-7,9-13H,1H3/t3-,4+,5-,6-,7?/m0/s1. The van der Waals surface area contributed by atoms with E-state index >= 15 is 0 Å². The van der Waals surface area contributed by atoms with Gasteiger partial charge >= 0.3 is 0 Å². The van der Waals surface area contributed by atoms with Crippen LogP contribution in [0, 0.1) is 0 Å². The zero-order valence-electron chi connectivity index (χ0n) is 7.52. The number of carbonyl (C=O) groups excluding carboxylic acids is 1. The van der Waals surface area contributed by atoms with Crippen molar-refractivity contribution in [3.8, 4) is 0 Å². The van der Waals surface area contributed by atoms with Crippen LogP contribution in [0.1, 0.15) is 0 Å². The number of hydrogen-bond acceptors (Lipinski definition) is 7. The van der Waals surface area contributed by atoms with E-state index in [1.165, 1.54) is 0 Å². The first-order valence-corrected chi connectivity index (χ1v) is 3.84. The van der Waals surface area contributed by atoms with Gasteiger partial charge < -0.3 is 35.1 Å². The average molecular weight is 210 g/mol. The van der Waals surface area contributed by atoms with Gasteiger partial charge in [-0.25, -0.2) is 0 Å². The normalized spacial score (nSPS) is 22.1. The number of methoxy groups -OCH3 is 1. The summed E-state index contributed by atoms with van der Waals surface area (Å²) >= 11 is 0. The third-order valence-corrected chi connectivity index (χ3v) is 1.72. The molecule has 84 valence electrons. The van der Waals surface area contributed by atoms with Crippen LogP contribution in [0.3, 0.4) is 0 Å². The zero-order valence-corrected chi connectivity index (χ0v) is 7.52. The van der Waals surface area contributed by atoms with Gasteiger partial charge in [0.15, 0.2) is 12.6 Å². The lowest BCUT2D eigenvalue weighted by Gasteiger charge is -2.26. The zero-order chi connectivity index (χ0) is 11.3. The molecule has 5 N–H and O–H groups in total. The van der Waals surface area contributed by atoms with Gasteiger partial charge in [-0.2, -0.15) is 0 Å². The molecule has 0 saturated carbocycles. The predicted molar refractivity (Wildman–Crippen MR) is 43.1 cm³/mol. The molecule has 0 spiro atoms. The van der Waals surface area contributed by atoms with Crippen LogP contribution >= 0.6 is 0 Å². The summed E-state index contributed by atoms with van der Waals surface area (Å²) in [4.78, 5) is 10.0. The number of ether oxygens (including phenoxy) is 1. The van der Waals surface area contributed by atoms with Gasteiger partial charge in [0.05, 0.1) is 0 Å². The van der Waals surface area contributed by atoms with Crippen LogP contribution in [0.25, 0.3) is 0 Å². The Morgan fingerprint density at radius 1 is 1.00 bits per heavy atom. The lowest BCUT2D eigenvalue weighted by atomic mass is 10.0. The van der Waals surface area contributed by atoms with Crippen LogP contribution in [-0.4, -0.2) is 69.6 Å². The van der Waals surface area contributed by atoms with Crippen molar-refractivity contribution in [2.24, 2.45) is 0 Å². The van der Waals surface area contributed by atoms with Crippen LogP contribution in [0.5, 0.6) is 0 Å². The maximum atomic E-state index is 10.0. The fourth-order valence-corrected chi connectivity index (χ4v) is 0.793. The lowest BCUT2D eigenvalue weighted by Crippen LogP contribution is -2.49. The van der Waals surface area contributed by atoms with Crippen molar-refractivity contribution < 1.29 is 35.1 Å². The largest absolute Gasteiger partial charge is 0.387 e. The Hall–Kier alpha value is -0.570. The molecule has 0 aliphatic heterocycles. The molecule has 0 rings (SSSR count). The molecule has 0 aromatic carbocycles. The highest BCUT2D eigenvalue weighted by Gasteiger charge is 2.34.